The fourth-order valence-corrected chi connectivity index (χ4v) is 1.18. The number of carbonyl (C=O) groups excluding carboxylic acids is 1. The molecule has 0 saturated heterocycles. The number of carbonyl (C=O) groups is 1. The van der Waals surface area contributed by atoms with Crippen molar-refractivity contribution in [2.75, 3.05) is 12.0 Å². The molecule has 66 valence electrons. The Morgan fingerprint density at radius 3 is 2.55 bits per heavy atom. The molecule has 0 radical (unpaired) electrons. The van der Waals surface area contributed by atoms with Crippen molar-refractivity contribution in [2.24, 2.45) is 0 Å². The van der Waals surface area contributed by atoms with Gasteiger partial charge in [-0.05, 0) is 13.2 Å². The highest BCUT2D eigenvalue weighted by atomic mass is 32.2. The Kier molecular flexibility index (Phi) is 5.19. The van der Waals surface area contributed by atoms with Gasteiger partial charge in [-0.25, -0.2) is 0 Å². The largest absolute Gasteiger partial charge is 0.348 e. The van der Waals surface area contributed by atoms with E-state index in [9.17, 15) is 13.6 Å². The summed E-state index contributed by atoms with van der Waals surface area (Å²) in [6.07, 6.45) is -1.05. The summed E-state index contributed by atoms with van der Waals surface area (Å²) in [6.45, 7) is 1.69. The van der Waals surface area contributed by atoms with Crippen LogP contribution in [-0.4, -0.2) is 30.4 Å². The third kappa shape index (κ3) is 5.01. The summed E-state index contributed by atoms with van der Waals surface area (Å²) >= 11 is 1.50. The standard InChI is InChI=1S/C6H11F2NOS/c1-4(3-11-2)9-6(10)5(7)8/h4-5H,3H2,1-2H3,(H,9,10). The van der Waals surface area contributed by atoms with Crippen molar-refractivity contribution in [3.8, 4) is 0 Å². The summed E-state index contributed by atoms with van der Waals surface area (Å²) in [4.78, 5) is 10.4. The molecule has 1 amide bonds. The van der Waals surface area contributed by atoms with Crippen LogP contribution >= 0.6 is 11.8 Å². The highest BCUT2D eigenvalue weighted by molar-refractivity contribution is 7.98. The minimum atomic E-state index is -2.90. The molecular formula is C6H11F2NOS. The summed E-state index contributed by atoms with van der Waals surface area (Å²) in [5.41, 5.74) is 0. The summed E-state index contributed by atoms with van der Waals surface area (Å²) < 4.78 is 23.2. The van der Waals surface area contributed by atoms with E-state index in [-0.39, 0.29) is 6.04 Å². The average Bonchev–Trinajstić information content (AvgIpc) is 1.87. The van der Waals surface area contributed by atoms with Crippen LogP contribution in [0.25, 0.3) is 0 Å². The van der Waals surface area contributed by atoms with Gasteiger partial charge in [0.25, 0.3) is 5.91 Å². The van der Waals surface area contributed by atoms with Crippen LogP contribution < -0.4 is 5.32 Å². The first-order valence-corrected chi connectivity index (χ1v) is 4.54. The van der Waals surface area contributed by atoms with Gasteiger partial charge in [0.2, 0.25) is 0 Å². The third-order valence-corrected chi connectivity index (χ3v) is 1.84. The van der Waals surface area contributed by atoms with Crippen LogP contribution in [0.5, 0.6) is 0 Å². The van der Waals surface area contributed by atoms with E-state index in [0.29, 0.717) is 5.75 Å². The quantitative estimate of drug-likeness (QED) is 0.707. The van der Waals surface area contributed by atoms with Crippen molar-refractivity contribution in [3.05, 3.63) is 0 Å². The van der Waals surface area contributed by atoms with E-state index in [4.69, 9.17) is 0 Å². The van der Waals surface area contributed by atoms with Crippen LogP contribution in [-0.2, 0) is 4.79 Å². The number of amides is 1. The van der Waals surface area contributed by atoms with Gasteiger partial charge in [-0.15, -0.1) is 0 Å². The summed E-state index contributed by atoms with van der Waals surface area (Å²) in [6, 6.07) is -0.188. The van der Waals surface area contributed by atoms with E-state index >= 15 is 0 Å². The number of halogens is 2. The molecular weight excluding hydrogens is 172 g/mol. The van der Waals surface area contributed by atoms with E-state index in [2.05, 4.69) is 5.32 Å². The Morgan fingerprint density at radius 2 is 2.18 bits per heavy atom. The van der Waals surface area contributed by atoms with E-state index in [0.717, 1.165) is 0 Å². The molecule has 0 fully saturated rings. The smallest absolute Gasteiger partial charge is 0.315 e. The topological polar surface area (TPSA) is 29.1 Å². The molecule has 0 aliphatic rings. The molecule has 0 saturated carbocycles. The SMILES string of the molecule is CSCC(C)NC(=O)C(F)F. The second-order valence-electron chi connectivity index (χ2n) is 2.17. The molecule has 0 bridgehead atoms. The van der Waals surface area contributed by atoms with Crippen molar-refractivity contribution < 1.29 is 13.6 Å². The van der Waals surface area contributed by atoms with Crippen molar-refractivity contribution in [2.45, 2.75) is 19.4 Å². The van der Waals surface area contributed by atoms with Gasteiger partial charge in [0.1, 0.15) is 0 Å². The first-order valence-electron chi connectivity index (χ1n) is 3.15. The molecule has 0 rings (SSSR count). The fourth-order valence-electron chi connectivity index (χ4n) is 0.598. The zero-order chi connectivity index (χ0) is 8.85. The van der Waals surface area contributed by atoms with Gasteiger partial charge in [0, 0.05) is 11.8 Å². The van der Waals surface area contributed by atoms with Gasteiger partial charge in [-0.1, -0.05) is 0 Å². The predicted molar refractivity (Wildman–Crippen MR) is 42.0 cm³/mol. The summed E-state index contributed by atoms with van der Waals surface area (Å²) in [7, 11) is 0. The molecule has 1 unspecified atom stereocenters. The molecule has 0 aliphatic carbocycles. The summed E-state index contributed by atoms with van der Waals surface area (Å²) in [5.74, 6) is -0.537. The molecule has 0 spiro atoms. The Balaban J connectivity index is 3.57. The molecule has 0 heterocycles. The Morgan fingerprint density at radius 1 is 1.64 bits per heavy atom. The van der Waals surface area contributed by atoms with Crippen molar-refractivity contribution in [3.63, 3.8) is 0 Å². The third-order valence-electron chi connectivity index (χ3n) is 1.00. The van der Waals surface area contributed by atoms with E-state index in [1.54, 1.807) is 6.92 Å². The number of alkyl halides is 2. The van der Waals surface area contributed by atoms with Crippen LogP contribution in [0, 0.1) is 0 Å². The van der Waals surface area contributed by atoms with E-state index in [1.807, 2.05) is 6.26 Å². The van der Waals surface area contributed by atoms with Gasteiger partial charge >= 0.3 is 6.43 Å². The minimum absolute atomic E-state index is 0.188. The van der Waals surface area contributed by atoms with E-state index in [1.165, 1.54) is 11.8 Å². The molecule has 0 aromatic rings. The van der Waals surface area contributed by atoms with Crippen LogP contribution in [0.4, 0.5) is 8.78 Å². The number of rotatable bonds is 4. The maximum atomic E-state index is 11.6. The second kappa shape index (κ2) is 5.35. The minimum Gasteiger partial charge on any atom is -0.348 e. The maximum absolute atomic E-state index is 11.6. The molecule has 1 N–H and O–H groups in total. The van der Waals surface area contributed by atoms with Gasteiger partial charge in [0.05, 0.1) is 0 Å². The van der Waals surface area contributed by atoms with Crippen molar-refractivity contribution in [1.82, 2.24) is 5.32 Å². The van der Waals surface area contributed by atoms with E-state index < -0.39 is 12.3 Å². The molecule has 2 nitrogen and oxygen atoms in total. The van der Waals surface area contributed by atoms with Gasteiger partial charge in [-0.2, -0.15) is 20.5 Å². The van der Waals surface area contributed by atoms with Crippen LogP contribution in [0.3, 0.4) is 0 Å². The van der Waals surface area contributed by atoms with Crippen LogP contribution in [0.2, 0.25) is 0 Å². The Bertz CT molecular complexity index is 132. The Labute approximate surface area is 68.7 Å². The van der Waals surface area contributed by atoms with Crippen LogP contribution in [0.1, 0.15) is 6.92 Å². The second-order valence-corrected chi connectivity index (χ2v) is 3.08. The average molecular weight is 183 g/mol. The highest BCUT2D eigenvalue weighted by Gasteiger charge is 2.16. The zero-order valence-corrected chi connectivity index (χ0v) is 7.25. The lowest BCUT2D eigenvalue weighted by Crippen LogP contribution is -2.38. The molecule has 1 atom stereocenters. The van der Waals surface area contributed by atoms with Crippen molar-refractivity contribution in [1.29, 1.82) is 0 Å². The lowest BCUT2D eigenvalue weighted by Gasteiger charge is -2.11. The normalized spacial score (nSPS) is 13.2. The van der Waals surface area contributed by atoms with Crippen molar-refractivity contribution >= 4 is 17.7 Å². The molecule has 5 heteroatoms. The summed E-state index contributed by atoms with van der Waals surface area (Å²) in [5, 5.41) is 2.17. The lowest BCUT2D eigenvalue weighted by molar-refractivity contribution is -0.132. The number of nitrogens with one attached hydrogen (secondary N) is 1. The zero-order valence-electron chi connectivity index (χ0n) is 6.43. The molecule has 0 aliphatic heterocycles. The predicted octanol–water partition coefficient (Wildman–Crippen LogP) is 1.12. The number of thioether (sulfide) groups is 1. The van der Waals surface area contributed by atoms with Gasteiger partial charge in [-0.3, -0.25) is 4.79 Å². The van der Waals surface area contributed by atoms with Gasteiger partial charge in [0.15, 0.2) is 0 Å². The van der Waals surface area contributed by atoms with Crippen LogP contribution in [0.15, 0.2) is 0 Å². The molecule has 0 aromatic carbocycles. The fraction of sp³-hybridized carbons (Fsp3) is 0.833. The number of hydrogen-bond acceptors (Lipinski definition) is 2. The lowest BCUT2D eigenvalue weighted by atomic mass is 10.4. The molecule has 11 heavy (non-hydrogen) atoms. The monoisotopic (exact) mass is 183 g/mol. The van der Waals surface area contributed by atoms with Gasteiger partial charge < -0.3 is 5.32 Å². The first-order chi connectivity index (χ1) is 5.07. The maximum Gasteiger partial charge on any atom is 0.315 e. The Hall–Kier alpha value is -0.320. The number of hydrogen-bond donors (Lipinski definition) is 1. The highest BCUT2D eigenvalue weighted by Crippen LogP contribution is 1.98. The molecule has 0 aromatic heterocycles. The first kappa shape index (κ1) is 10.7.